The molecule has 1 aliphatic heterocycles. The molecule has 0 spiro atoms. The van der Waals surface area contributed by atoms with Gasteiger partial charge in [0.1, 0.15) is 6.10 Å². The molecule has 0 aromatic rings. The number of aliphatic hydroxyl groups is 2. The number of esters is 1. The summed E-state index contributed by atoms with van der Waals surface area (Å²) in [6.07, 6.45) is 7.58. The molecule has 108 valence electrons. The van der Waals surface area contributed by atoms with Crippen LogP contribution < -0.4 is 0 Å². The van der Waals surface area contributed by atoms with Crippen molar-refractivity contribution >= 4 is 5.97 Å². The van der Waals surface area contributed by atoms with E-state index in [1.54, 1.807) is 6.08 Å². The van der Waals surface area contributed by atoms with Crippen LogP contribution >= 0.6 is 0 Å². The van der Waals surface area contributed by atoms with Crippen LogP contribution in [0.25, 0.3) is 0 Å². The molecule has 2 N–H and O–H groups in total. The number of unbranched alkanes of at least 4 members (excludes halogenated alkanes) is 2. The Balaban J connectivity index is 1.85. The number of carbonyl (C=O) groups is 1. The third-order valence-electron chi connectivity index (χ3n) is 4.23. The number of aliphatic hydroxyl groups excluding tert-OH is 2. The van der Waals surface area contributed by atoms with Crippen LogP contribution in [0.1, 0.15) is 45.4 Å². The molecule has 19 heavy (non-hydrogen) atoms. The molecule has 1 heterocycles. The molecule has 2 fully saturated rings. The van der Waals surface area contributed by atoms with Gasteiger partial charge in [0.15, 0.2) is 0 Å². The first-order valence-electron chi connectivity index (χ1n) is 7.35. The SMILES string of the molecule is CCCCC[C@H](O)C=C[C@H]1[C@H](O)CC2OC(=O)C[C@@H]21. The molecule has 1 saturated heterocycles. The summed E-state index contributed by atoms with van der Waals surface area (Å²) in [4.78, 5) is 11.2. The van der Waals surface area contributed by atoms with Gasteiger partial charge in [0.2, 0.25) is 0 Å². The maximum atomic E-state index is 11.2. The summed E-state index contributed by atoms with van der Waals surface area (Å²) in [5, 5.41) is 19.8. The minimum absolute atomic E-state index is 0.0581. The van der Waals surface area contributed by atoms with Gasteiger partial charge in [-0.25, -0.2) is 0 Å². The first-order chi connectivity index (χ1) is 9.11. The van der Waals surface area contributed by atoms with Crippen molar-refractivity contribution < 1.29 is 19.7 Å². The van der Waals surface area contributed by atoms with Crippen LogP contribution in [0, 0.1) is 11.8 Å². The molecule has 0 bridgehead atoms. The summed E-state index contributed by atoms with van der Waals surface area (Å²) in [7, 11) is 0. The number of hydrogen-bond donors (Lipinski definition) is 2. The van der Waals surface area contributed by atoms with Crippen LogP contribution in [-0.2, 0) is 9.53 Å². The summed E-state index contributed by atoms with van der Waals surface area (Å²) in [6, 6.07) is 0. The van der Waals surface area contributed by atoms with Gasteiger partial charge in [-0.05, 0) is 6.42 Å². The molecule has 0 radical (unpaired) electrons. The molecule has 1 unspecified atom stereocenters. The molecule has 2 aliphatic rings. The van der Waals surface area contributed by atoms with Gasteiger partial charge >= 0.3 is 5.97 Å². The number of carbonyl (C=O) groups excluding carboxylic acids is 1. The minimum atomic E-state index is -0.456. The zero-order valence-corrected chi connectivity index (χ0v) is 11.5. The lowest BCUT2D eigenvalue weighted by atomic mass is 9.91. The van der Waals surface area contributed by atoms with Crippen LogP contribution in [-0.4, -0.2) is 34.5 Å². The lowest BCUT2D eigenvalue weighted by Gasteiger charge is -2.15. The van der Waals surface area contributed by atoms with E-state index in [0.717, 1.165) is 25.7 Å². The predicted molar refractivity (Wildman–Crippen MR) is 71.4 cm³/mol. The van der Waals surface area contributed by atoms with E-state index in [2.05, 4.69) is 6.92 Å². The Labute approximate surface area is 114 Å². The molecule has 5 atom stereocenters. The maximum absolute atomic E-state index is 11.2. The molecular weight excluding hydrogens is 244 g/mol. The number of rotatable bonds is 6. The molecule has 0 aromatic heterocycles. The normalized spacial score (nSPS) is 35.6. The minimum Gasteiger partial charge on any atom is -0.462 e. The molecule has 1 saturated carbocycles. The highest BCUT2D eigenvalue weighted by atomic mass is 16.6. The predicted octanol–water partition coefficient (Wildman–Crippen LogP) is 1.80. The Kier molecular flexibility index (Phi) is 4.99. The van der Waals surface area contributed by atoms with Crippen LogP contribution in [0.4, 0.5) is 0 Å². The largest absolute Gasteiger partial charge is 0.462 e. The van der Waals surface area contributed by atoms with Crippen molar-refractivity contribution in [1.82, 2.24) is 0 Å². The summed E-state index contributed by atoms with van der Waals surface area (Å²) in [6.45, 7) is 2.13. The van der Waals surface area contributed by atoms with Gasteiger partial charge in [-0.2, -0.15) is 0 Å². The molecule has 4 heteroatoms. The monoisotopic (exact) mass is 268 g/mol. The van der Waals surface area contributed by atoms with Crippen molar-refractivity contribution in [3.05, 3.63) is 12.2 Å². The zero-order valence-electron chi connectivity index (χ0n) is 11.5. The molecule has 0 amide bonds. The molecule has 1 aliphatic carbocycles. The highest BCUT2D eigenvalue weighted by Gasteiger charge is 2.48. The Hall–Kier alpha value is -0.870. The second kappa shape index (κ2) is 6.53. The Bertz CT molecular complexity index is 339. The van der Waals surface area contributed by atoms with E-state index in [1.165, 1.54) is 0 Å². The van der Waals surface area contributed by atoms with Gasteiger partial charge in [0, 0.05) is 18.3 Å². The lowest BCUT2D eigenvalue weighted by molar-refractivity contribution is -0.141. The quantitative estimate of drug-likeness (QED) is 0.438. The third-order valence-corrected chi connectivity index (χ3v) is 4.23. The van der Waals surface area contributed by atoms with Gasteiger partial charge in [-0.3, -0.25) is 4.79 Å². The van der Waals surface area contributed by atoms with E-state index < -0.39 is 12.2 Å². The third kappa shape index (κ3) is 3.57. The average molecular weight is 268 g/mol. The fourth-order valence-corrected chi connectivity index (χ4v) is 3.14. The summed E-state index contributed by atoms with van der Waals surface area (Å²) in [5.41, 5.74) is 0. The number of hydrogen-bond acceptors (Lipinski definition) is 4. The Morgan fingerprint density at radius 1 is 1.47 bits per heavy atom. The summed E-state index contributed by atoms with van der Waals surface area (Å²) < 4.78 is 5.18. The van der Waals surface area contributed by atoms with Crippen molar-refractivity contribution in [1.29, 1.82) is 0 Å². The average Bonchev–Trinajstić information content (AvgIpc) is 2.82. The number of ether oxygens (including phenoxy) is 1. The second-order valence-electron chi connectivity index (χ2n) is 5.72. The molecule has 2 rings (SSSR count). The van der Waals surface area contributed by atoms with Crippen molar-refractivity contribution in [3.8, 4) is 0 Å². The van der Waals surface area contributed by atoms with Crippen LogP contribution in [0.5, 0.6) is 0 Å². The Morgan fingerprint density at radius 3 is 3.00 bits per heavy atom. The van der Waals surface area contributed by atoms with Gasteiger partial charge in [-0.1, -0.05) is 38.3 Å². The fourth-order valence-electron chi connectivity index (χ4n) is 3.14. The van der Waals surface area contributed by atoms with E-state index >= 15 is 0 Å². The number of fused-ring (bicyclic) bond motifs is 1. The van der Waals surface area contributed by atoms with Crippen LogP contribution in [0.3, 0.4) is 0 Å². The van der Waals surface area contributed by atoms with E-state index in [0.29, 0.717) is 12.8 Å². The van der Waals surface area contributed by atoms with Gasteiger partial charge in [-0.15, -0.1) is 0 Å². The highest BCUT2D eigenvalue weighted by Crippen LogP contribution is 2.42. The van der Waals surface area contributed by atoms with E-state index in [4.69, 9.17) is 4.74 Å². The summed E-state index contributed by atoms with van der Waals surface area (Å²) in [5.74, 6) is -0.136. The van der Waals surface area contributed by atoms with E-state index in [-0.39, 0.29) is 23.9 Å². The van der Waals surface area contributed by atoms with Crippen LogP contribution in [0.2, 0.25) is 0 Å². The van der Waals surface area contributed by atoms with E-state index in [1.807, 2.05) is 6.08 Å². The van der Waals surface area contributed by atoms with Gasteiger partial charge in [0.05, 0.1) is 18.6 Å². The van der Waals surface area contributed by atoms with Crippen LogP contribution in [0.15, 0.2) is 12.2 Å². The molecular formula is C15H24O4. The van der Waals surface area contributed by atoms with Crippen molar-refractivity contribution in [3.63, 3.8) is 0 Å². The molecule has 0 aromatic carbocycles. The standard InChI is InChI=1S/C15H24O4/c1-2-3-4-5-10(16)6-7-11-12-8-15(18)19-14(12)9-13(11)17/h6-7,10-14,16-17H,2-5,8-9H2,1H3/t10-,11+,12+,13+,14?/m0/s1. The first kappa shape index (κ1) is 14.5. The Morgan fingerprint density at radius 2 is 2.26 bits per heavy atom. The summed E-state index contributed by atoms with van der Waals surface area (Å²) >= 11 is 0. The van der Waals surface area contributed by atoms with Gasteiger partial charge < -0.3 is 14.9 Å². The zero-order chi connectivity index (χ0) is 13.8. The van der Waals surface area contributed by atoms with E-state index in [9.17, 15) is 15.0 Å². The van der Waals surface area contributed by atoms with Crippen molar-refractivity contribution in [2.75, 3.05) is 0 Å². The second-order valence-corrected chi connectivity index (χ2v) is 5.72. The fraction of sp³-hybridized carbons (Fsp3) is 0.800. The van der Waals surface area contributed by atoms with Crippen molar-refractivity contribution in [2.45, 2.75) is 63.8 Å². The molecule has 4 nitrogen and oxygen atoms in total. The van der Waals surface area contributed by atoms with Gasteiger partial charge in [0.25, 0.3) is 0 Å². The first-order valence-corrected chi connectivity index (χ1v) is 7.35. The highest BCUT2D eigenvalue weighted by molar-refractivity contribution is 5.72. The lowest BCUT2D eigenvalue weighted by Crippen LogP contribution is -2.18. The smallest absolute Gasteiger partial charge is 0.306 e. The van der Waals surface area contributed by atoms with Crippen molar-refractivity contribution in [2.24, 2.45) is 11.8 Å². The topological polar surface area (TPSA) is 66.8 Å². The maximum Gasteiger partial charge on any atom is 0.306 e.